The van der Waals surface area contributed by atoms with Crippen LogP contribution < -0.4 is 0 Å². The molecule has 4 bridgehead atoms. The van der Waals surface area contributed by atoms with Gasteiger partial charge in [0.2, 0.25) is 0 Å². The molecule has 54 heavy (non-hydrogen) atoms. The summed E-state index contributed by atoms with van der Waals surface area (Å²) in [4.78, 5) is 14.9. The van der Waals surface area contributed by atoms with E-state index in [-0.39, 0.29) is 10.8 Å². The Morgan fingerprint density at radius 2 is 0.741 bits per heavy atom. The second kappa shape index (κ2) is 13.0. The number of aromatic nitrogens is 3. The van der Waals surface area contributed by atoms with E-state index < -0.39 is 0 Å². The Morgan fingerprint density at radius 1 is 0.407 bits per heavy atom. The first-order valence-electron chi connectivity index (χ1n) is 19.2. The van der Waals surface area contributed by atoms with E-state index in [0.717, 1.165) is 39.7 Å². The van der Waals surface area contributed by atoms with E-state index in [2.05, 4.69) is 103 Å². The summed E-state index contributed by atoms with van der Waals surface area (Å²) < 4.78 is 0. The molecule has 4 aliphatic carbocycles. The number of benzene rings is 6. The van der Waals surface area contributed by atoms with E-state index in [4.69, 9.17) is 20.2 Å². The van der Waals surface area contributed by atoms with Gasteiger partial charge in [-0.25, -0.2) is 15.0 Å². The third-order valence-electron chi connectivity index (χ3n) is 12.6. The van der Waals surface area contributed by atoms with Gasteiger partial charge in [-0.15, -0.1) is 0 Å². The van der Waals surface area contributed by atoms with E-state index in [1.54, 1.807) is 0 Å². The molecule has 1 aromatic heterocycles. The summed E-state index contributed by atoms with van der Waals surface area (Å²) >= 11 is 0. The third-order valence-corrected chi connectivity index (χ3v) is 12.6. The van der Waals surface area contributed by atoms with Gasteiger partial charge in [-0.3, -0.25) is 0 Å². The first-order chi connectivity index (χ1) is 26.5. The minimum absolute atomic E-state index is 0.200. The summed E-state index contributed by atoms with van der Waals surface area (Å²) in [6.45, 7) is 0. The van der Waals surface area contributed by atoms with Crippen LogP contribution in [0.2, 0.25) is 0 Å². The smallest absolute Gasteiger partial charge is 0.164 e. The molecule has 4 saturated carbocycles. The van der Waals surface area contributed by atoms with Crippen molar-refractivity contribution in [3.63, 3.8) is 0 Å². The Balaban J connectivity index is 0.927. The molecule has 0 radical (unpaired) electrons. The third kappa shape index (κ3) is 5.81. The number of nitriles is 1. The number of hydrogen-bond acceptors (Lipinski definition) is 4. The Hall–Kier alpha value is -6.18. The number of nitrogens with zero attached hydrogens (tertiary/aromatic N) is 4. The molecule has 2 atom stereocenters. The van der Waals surface area contributed by atoms with Crippen molar-refractivity contribution < 1.29 is 0 Å². The highest BCUT2D eigenvalue weighted by atomic mass is 15.0. The maximum absolute atomic E-state index is 9.15. The second-order valence-electron chi connectivity index (χ2n) is 16.0. The number of hydrogen-bond donors (Lipinski definition) is 0. The van der Waals surface area contributed by atoms with Crippen molar-refractivity contribution in [1.82, 2.24) is 15.0 Å². The molecule has 260 valence electrons. The van der Waals surface area contributed by atoms with Crippen LogP contribution in [0.15, 0.2) is 158 Å². The molecule has 4 aliphatic rings. The summed E-state index contributed by atoms with van der Waals surface area (Å²) in [5.41, 5.74) is 11.9. The van der Waals surface area contributed by atoms with Crippen LogP contribution in [-0.2, 0) is 10.8 Å². The van der Waals surface area contributed by atoms with Gasteiger partial charge < -0.3 is 0 Å². The van der Waals surface area contributed by atoms with E-state index in [0.29, 0.717) is 23.0 Å². The van der Waals surface area contributed by atoms with Crippen molar-refractivity contribution >= 4 is 0 Å². The molecule has 0 N–H and O–H groups in total. The summed E-state index contributed by atoms with van der Waals surface area (Å²) in [5.74, 6) is 3.63. The molecule has 0 aliphatic heterocycles. The highest BCUT2D eigenvalue weighted by molar-refractivity contribution is 5.71. The van der Waals surface area contributed by atoms with Crippen LogP contribution in [0, 0.1) is 23.2 Å². The molecule has 0 amide bonds. The lowest BCUT2D eigenvalue weighted by Gasteiger charge is -2.63. The molecule has 2 unspecified atom stereocenters. The van der Waals surface area contributed by atoms with Crippen LogP contribution in [0.3, 0.4) is 0 Å². The fourth-order valence-electron chi connectivity index (χ4n) is 10.5. The average molecular weight is 697 g/mol. The van der Waals surface area contributed by atoms with Crippen molar-refractivity contribution in [3.05, 3.63) is 174 Å². The Labute approximate surface area is 317 Å². The monoisotopic (exact) mass is 696 g/mol. The van der Waals surface area contributed by atoms with E-state index in [1.165, 1.54) is 60.8 Å². The lowest BCUT2D eigenvalue weighted by molar-refractivity contribution is -0.0281. The summed E-state index contributed by atoms with van der Waals surface area (Å²) in [7, 11) is 0. The SMILES string of the molecule is N#Cc1ccc(-c2ccc(-c3ccc(C45CC6CC(C4)CC(c4ccc(-c7nc(-c8ccccc8)nc(-c8ccccc8)n7)cc4)(C6)C5)cc3)cc2)cc1. The fourth-order valence-corrected chi connectivity index (χ4v) is 10.5. The summed E-state index contributed by atoms with van der Waals surface area (Å²) in [6.07, 6.45) is 7.77. The van der Waals surface area contributed by atoms with Crippen molar-refractivity contribution in [1.29, 1.82) is 5.26 Å². The van der Waals surface area contributed by atoms with Gasteiger partial charge in [-0.05, 0) is 107 Å². The summed E-state index contributed by atoms with van der Waals surface area (Å²) in [6, 6.07) is 58.0. The van der Waals surface area contributed by atoms with Crippen molar-refractivity contribution in [2.24, 2.45) is 11.8 Å². The van der Waals surface area contributed by atoms with Gasteiger partial charge in [0.25, 0.3) is 0 Å². The Morgan fingerprint density at radius 3 is 1.13 bits per heavy atom. The van der Waals surface area contributed by atoms with Gasteiger partial charge in [-0.1, -0.05) is 146 Å². The fraction of sp³-hybridized carbons (Fsp3) is 0.200. The molecule has 7 aromatic rings. The predicted octanol–water partition coefficient (Wildman–Crippen LogP) is 11.9. The Kier molecular flexibility index (Phi) is 7.84. The van der Waals surface area contributed by atoms with Crippen LogP contribution >= 0.6 is 0 Å². The normalized spacial score (nSPS) is 22.5. The largest absolute Gasteiger partial charge is 0.208 e. The highest BCUT2D eigenvalue weighted by Crippen LogP contribution is 2.66. The van der Waals surface area contributed by atoms with Gasteiger partial charge in [-0.2, -0.15) is 5.26 Å². The molecule has 4 heteroatoms. The van der Waals surface area contributed by atoms with Crippen molar-refractivity contribution in [2.45, 2.75) is 49.4 Å². The number of rotatable bonds is 7. The maximum Gasteiger partial charge on any atom is 0.164 e. The molecule has 11 rings (SSSR count). The molecule has 0 spiro atoms. The molecule has 4 nitrogen and oxygen atoms in total. The van der Waals surface area contributed by atoms with Gasteiger partial charge in [0.1, 0.15) is 0 Å². The minimum atomic E-state index is 0.200. The van der Waals surface area contributed by atoms with Gasteiger partial charge in [0.05, 0.1) is 11.6 Å². The first-order valence-corrected chi connectivity index (χ1v) is 19.2. The van der Waals surface area contributed by atoms with E-state index in [1.807, 2.05) is 60.7 Å². The molecular formula is C50H40N4. The molecular weight excluding hydrogens is 657 g/mol. The Bertz CT molecular complexity index is 2410. The average Bonchev–Trinajstić information content (AvgIpc) is 3.24. The maximum atomic E-state index is 9.15. The van der Waals surface area contributed by atoms with Crippen LogP contribution in [0.25, 0.3) is 56.4 Å². The molecule has 4 fully saturated rings. The van der Waals surface area contributed by atoms with Gasteiger partial charge in [0, 0.05) is 16.7 Å². The minimum Gasteiger partial charge on any atom is -0.208 e. The second-order valence-corrected chi connectivity index (χ2v) is 16.0. The van der Waals surface area contributed by atoms with Crippen molar-refractivity contribution in [2.75, 3.05) is 0 Å². The lowest BCUT2D eigenvalue weighted by atomic mass is 9.41. The molecule has 0 saturated heterocycles. The lowest BCUT2D eigenvalue weighted by Crippen LogP contribution is -2.55. The van der Waals surface area contributed by atoms with Crippen LogP contribution in [-0.4, -0.2) is 15.0 Å². The standard InChI is InChI=1S/C50H40N4/c51-32-34-11-13-37(14-12-34)38-15-17-39(18-16-38)40-19-23-44(24-20-40)49-28-35-27-36(29-49)31-50(30-35,33-49)45-25-21-43(22-26-45)48-53-46(41-7-3-1-4-8-41)52-47(54-48)42-9-5-2-6-10-42/h1-26,35-36H,27-31,33H2. The predicted molar refractivity (Wildman–Crippen MR) is 216 cm³/mol. The van der Waals surface area contributed by atoms with Crippen LogP contribution in [0.5, 0.6) is 0 Å². The zero-order valence-electron chi connectivity index (χ0n) is 30.2. The van der Waals surface area contributed by atoms with Crippen LogP contribution in [0.4, 0.5) is 0 Å². The van der Waals surface area contributed by atoms with E-state index in [9.17, 15) is 0 Å². The zero-order chi connectivity index (χ0) is 36.1. The van der Waals surface area contributed by atoms with Gasteiger partial charge >= 0.3 is 0 Å². The topological polar surface area (TPSA) is 62.5 Å². The first kappa shape index (κ1) is 32.5. The molecule has 1 heterocycles. The summed E-state index contributed by atoms with van der Waals surface area (Å²) in [5, 5.41) is 9.15. The van der Waals surface area contributed by atoms with Gasteiger partial charge in [0.15, 0.2) is 17.5 Å². The quantitative estimate of drug-likeness (QED) is 0.166. The zero-order valence-corrected chi connectivity index (χ0v) is 30.2. The van der Waals surface area contributed by atoms with Crippen LogP contribution in [0.1, 0.15) is 55.2 Å². The molecule has 6 aromatic carbocycles. The highest BCUT2D eigenvalue weighted by Gasteiger charge is 2.58. The van der Waals surface area contributed by atoms with E-state index >= 15 is 0 Å². The van der Waals surface area contributed by atoms with Crippen molar-refractivity contribution in [3.8, 4) is 62.5 Å².